The number of amides is 1. The smallest absolute Gasteiger partial charge is 0.265 e. The molecule has 0 fully saturated rings. The molecule has 1 aromatic heterocycles. The number of aryl methyl sites for hydroxylation is 2. The quantitative estimate of drug-likeness (QED) is 0.799. The van der Waals surface area contributed by atoms with Gasteiger partial charge in [-0.15, -0.1) is 11.3 Å². The molecule has 1 amide bonds. The highest BCUT2D eigenvalue weighted by molar-refractivity contribution is 7.14. The number of rotatable bonds is 2. The topological polar surface area (TPSA) is 55.1 Å². The van der Waals surface area contributed by atoms with Crippen molar-refractivity contribution < 1.29 is 4.79 Å². The standard InChI is InChI=1S/C13H14N2OS/c1-8-3-5-10(14)7-11(8)15-13(16)12-6-4-9(2)17-12/h3-7H,14H2,1-2H3,(H,15,16). The van der Waals surface area contributed by atoms with Crippen molar-refractivity contribution in [1.29, 1.82) is 0 Å². The first-order valence-electron chi connectivity index (χ1n) is 5.30. The SMILES string of the molecule is Cc1ccc(C(=O)Nc2cc(N)ccc2C)s1. The molecule has 17 heavy (non-hydrogen) atoms. The summed E-state index contributed by atoms with van der Waals surface area (Å²) in [6.07, 6.45) is 0. The van der Waals surface area contributed by atoms with Crippen LogP contribution in [-0.2, 0) is 0 Å². The molecule has 0 spiro atoms. The van der Waals surface area contributed by atoms with Crippen LogP contribution < -0.4 is 11.1 Å². The predicted octanol–water partition coefficient (Wildman–Crippen LogP) is 3.20. The number of carbonyl (C=O) groups is 1. The molecule has 0 aliphatic heterocycles. The van der Waals surface area contributed by atoms with Gasteiger partial charge < -0.3 is 11.1 Å². The third-order valence-corrected chi connectivity index (χ3v) is 3.47. The van der Waals surface area contributed by atoms with Crippen LogP contribution in [0.15, 0.2) is 30.3 Å². The Hall–Kier alpha value is -1.81. The lowest BCUT2D eigenvalue weighted by atomic mass is 10.2. The van der Waals surface area contributed by atoms with E-state index < -0.39 is 0 Å². The summed E-state index contributed by atoms with van der Waals surface area (Å²) in [5, 5.41) is 2.87. The van der Waals surface area contributed by atoms with E-state index in [4.69, 9.17) is 5.73 Å². The molecule has 1 heterocycles. The number of hydrogen-bond donors (Lipinski definition) is 2. The van der Waals surface area contributed by atoms with E-state index in [-0.39, 0.29) is 5.91 Å². The van der Waals surface area contributed by atoms with Crippen LogP contribution >= 0.6 is 11.3 Å². The largest absolute Gasteiger partial charge is 0.399 e. The Morgan fingerprint density at radius 3 is 2.65 bits per heavy atom. The minimum Gasteiger partial charge on any atom is -0.399 e. The van der Waals surface area contributed by atoms with Gasteiger partial charge in [-0.2, -0.15) is 0 Å². The maximum Gasteiger partial charge on any atom is 0.265 e. The third kappa shape index (κ3) is 2.65. The van der Waals surface area contributed by atoms with E-state index in [1.807, 2.05) is 38.1 Å². The zero-order chi connectivity index (χ0) is 12.4. The van der Waals surface area contributed by atoms with Crippen LogP contribution in [0, 0.1) is 13.8 Å². The van der Waals surface area contributed by atoms with Crippen molar-refractivity contribution in [2.45, 2.75) is 13.8 Å². The van der Waals surface area contributed by atoms with Crippen molar-refractivity contribution in [3.63, 3.8) is 0 Å². The molecule has 2 aromatic rings. The summed E-state index contributed by atoms with van der Waals surface area (Å²) in [6.45, 7) is 3.92. The lowest BCUT2D eigenvalue weighted by Crippen LogP contribution is -2.11. The van der Waals surface area contributed by atoms with Gasteiger partial charge in [-0.1, -0.05) is 6.07 Å². The fourth-order valence-electron chi connectivity index (χ4n) is 1.51. The fourth-order valence-corrected chi connectivity index (χ4v) is 2.28. The summed E-state index contributed by atoms with van der Waals surface area (Å²) in [6, 6.07) is 9.25. The minimum absolute atomic E-state index is 0.0863. The first kappa shape index (κ1) is 11.7. The third-order valence-electron chi connectivity index (χ3n) is 2.47. The summed E-state index contributed by atoms with van der Waals surface area (Å²) in [5.41, 5.74) is 8.11. The van der Waals surface area contributed by atoms with E-state index in [0.717, 1.165) is 16.1 Å². The number of nitrogens with two attached hydrogens (primary N) is 1. The first-order chi connectivity index (χ1) is 8.06. The number of thiophene rings is 1. The van der Waals surface area contributed by atoms with Crippen LogP contribution in [0.4, 0.5) is 11.4 Å². The van der Waals surface area contributed by atoms with Crippen molar-refractivity contribution in [1.82, 2.24) is 0 Å². The fraction of sp³-hybridized carbons (Fsp3) is 0.154. The molecule has 0 saturated carbocycles. The van der Waals surface area contributed by atoms with E-state index in [9.17, 15) is 4.79 Å². The monoisotopic (exact) mass is 246 g/mol. The molecule has 0 bridgehead atoms. The van der Waals surface area contributed by atoms with Crippen LogP contribution in [0.3, 0.4) is 0 Å². The molecular formula is C13H14N2OS. The van der Waals surface area contributed by atoms with E-state index in [2.05, 4.69) is 5.32 Å². The van der Waals surface area contributed by atoms with Crippen LogP contribution in [0.25, 0.3) is 0 Å². The van der Waals surface area contributed by atoms with Gasteiger partial charge in [-0.25, -0.2) is 0 Å². The van der Waals surface area contributed by atoms with E-state index >= 15 is 0 Å². The average Bonchev–Trinajstić information content (AvgIpc) is 2.70. The normalized spacial score (nSPS) is 10.2. The van der Waals surface area contributed by atoms with Crippen LogP contribution in [0.2, 0.25) is 0 Å². The average molecular weight is 246 g/mol. The summed E-state index contributed by atoms with van der Waals surface area (Å²) >= 11 is 1.48. The van der Waals surface area contributed by atoms with Gasteiger partial charge in [0.2, 0.25) is 0 Å². The Balaban J connectivity index is 2.21. The number of nitrogens with one attached hydrogen (secondary N) is 1. The van der Waals surface area contributed by atoms with E-state index in [1.54, 1.807) is 6.07 Å². The van der Waals surface area contributed by atoms with Gasteiger partial charge in [-0.3, -0.25) is 4.79 Å². The van der Waals surface area contributed by atoms with Crippen LogP contribution in [0.1, 0.15) is 20.1 Å². The van der Waals surface area contributed by atoms with Crippen molar-refractivity contribution in [2.24, 2.45) is 0 Å². The summed E-state index contributed by atoms with van der Waals surface area (Å²) in [4.78, 5) is 13.8. The molecule has 0 atom stereocenters. The molecule has 3 N–H and O–H groups in total. The molecule has 1 aromatic carbocycles. The van der Waals surface area contributed by atoms with Gasteiger partial charge in [0, 0.05) is 16.3 Å². The highest BCUT2D eigenvalue weighted by atomic mass is 32.1. The second kappa shape index (κ2) is 4.59. The molecule has 0 aliphatic carbocycles. The molecule has 0 unspecified atom stereocenters. The lowest BCUT2D eigenvalue weighted by molar-refractivity contribution is 0.103. The highest BCUT2D eigenvalue weighted by Crippen LogP contribution is 2.21. The van der Waals surface area contributed by atoms with Crippen LogP contribution in [0.5, 0.6) is 0 Å². The Morgan fingerprint density at radius 2 is 2.00 bits per heavy atom. The minimum atomic E-state index is -0.0863. The maximum atomic E-state index is 11.9. The molecule has 0 aliphatic rings. The van der Waals surface area contributed by atoms with Crippen molar-refractivity contribution in [3.8, 4) is 0 Å². The van der Waals surface area contributed by atoms with Gasteiger partial charge in [-0.05, 0) is 43.7 Å². The van der Waals surface area contributed by atoms with Gasteiger partial charge in [0.1, 0.15) is 0 Å². The highest BCUT2D eigenvalue weighted by Gasteiger charge is 2.09. The van der Waals surface area contributed by atoms with Gasteiger partial charge in [0.15, 0.2) is 0 Å². The van der Waals surface area contributed by atoms with E-state index in [1.165, 1.54) is 11.3 Å². The van der Waals surface area contributed by atoms with Crippen molar-refractivity contribution in [2.75, 3.05) is 11.1 Å². The van der Waals surface area contributed by atoms with Gasteiger partial charge in [0.25, 0.3) is 5.91 Å². The Labute approximate surface area is 104 Å². The second-order valence-corrected chi connectivity index (χ2v) is 5.23. The molecule has 88 valence electrons. The van der Waals surface area contributed by atoms with Crippen molar-refractivity contribution >= 4 is 28.6 Å². The van der Waals surface area contributed by atoms with Crippen LogP contribution in [-0.4, -0.2) is 5.91 Å². The predicted molar refractivity (Wildman–Crippen MR) is 72.6 cm³/mol. The summed E-state index contributed by atoms with van der Waals surface area (Å²) in [7, 11) is 0. The van der Waals surface area contributed by atoms with E-state index in [0.29, 0.717) is 10.6 Å². The lowest BCUT2D eigenvalue weighted by Gasteiger charge is -2.08. The second-order valence-electron chi connectivity index (χ2n) is 3.94. The number of benzene rings is 1. The maximum absolute atomic E-state index is 11.9. The molecule has 0 saturated heterocycles. The molecule has 3 nitrogen and oxygen atoms in total. The number of hydrogen-bond acceptors (Lipinski definition) is 3. The summed E-state index contributed by atoms with van der Waals surface area (Å²) < 4.78 is 0. The molecule has 2 rings (SSSR count). The molecular weight excluding hydrogens is 232 g/mol. The first-order valence-corrected chi connectivity index (χ1v) is 6.12. The Kier molecular flexibility index (Phi) is 3.15. The Morgan fingerprint density at radius 1 is 1.24 bits per heavy atom. The molecule has 4 heteroatoms. The zero-order valence-electron chi connectivity index (χ0n) is 9.78. The summed E-state index contributed by atoms with van der Waals surface area (Å²) in [5.74, 6) is -0.0863. The number of nitrogen functional groups attached to an aromatic ring is 1. The number of carbonyl (C=O) groups excluding carboxylic acids is 1. The zero-order valence-corrected chi connectivity index (χ0v) is 10.6. The Bertz CT molecular complexity index is 560. The van der Waals surface area contributed by atoms with Gasteiger partial charge in [0.05, 0.1) is 4.88 Å². The molecule has 0 radical (unpaired) electrons. The number of anilines is 2. The van der Waals surface area contributed by atoms with Gasteiger partial charge >= 0.3 is 0 Å². The van der Waals surface area contributed by atoms with Crippen molar-refractivity contribution in [3.05, 3.63) is 45.6 Å².